The number of halogens is 2. The van der Waals surface area contributed by atoms with Crippen LogP contribution in [0.15, 0.2) is 30.9 Å². The van der Waals surface area contributed by atoms with E-state index in [1.54, 1.807) is 0 Å². The molecule has 13 heavy (non-hydrogen) atoms. The zero-order valence-corrected chi connectivity index (χ0v) is 6.48. The van der Waals surface area contributed by atoms with Gasteiger partial charge in [0, 0.05) is 0 Å². The van der Waals surface area contributed by atoms with Gasteiger partial charge in [0.05, 0.1) is 0 Å². The molecular weight excluding hydrogens is 176 g/mol. The number of para-hydroxylation sites is 1. The minimum atomic E-state index is -0.662. The highest BCUT2D eigenvalue weighted by atomic mass is 19.1. The predicted molar refractivity (Wildman–Crippen MR) is 41.3 cm³/mol. The van der Waals surface area contributed by atoms with Gasteiger partial charge in [0.15, 0.2) is 11.6 Å². The van der Waals surface area contributed by atoms with Crippen molar-refractivity contribution >= 4 is 0 Å². The molecule has 1 aromatic carbocycles. The van der Waals surface area contributed by atoms with Crippen LogP contribution in [0, 0.1) is 11.6 Å². The molecule has 2 rings (SSSR count). The highest BCUT2D eigenvalue weighted by molar-refractivity contribution is 5.33. The van der Waals surface area contributed by atoms with Crippen LogP contribution in [-0.2, 0) is 0 Å². The van der Waals surface area contributed by atoms with Crippen LogP contribution in [0.4, 0.5) is 8.78 Å². The van der Waals surface area contributed by atoms with E-state index in [2.05, 4.69) is 10.1 Å². The van der Waals surface area contributed by atoms with Gasteiger partial charge in [0.2, 0.25) is 0 Å². The van der Waals surface area contributed by atoms with Crippen LogP contribution < -0.4 is 0 Å². The van der Waals surface area contributed by atoms with Crippen LogP contribution in [0.1, 0.15) is 0 Å². The molecule has 1 aromatic heterocycles. The molecule has 0 saturated carbocycles. The Kier molecular flexibility index (Phi) is 1.77. The van der Waals surface area contributed by atoms with Crippen LogP contribution in [0.25, 0.3) is 5.69 Å². The van der Waals surface area contributed by atoms with Gasteiger partial charge in [-0.3, -0.25) is 0 Å². The van der Waals surface area contributed by atoms with Crippen molar-refractivity contribution in [3.8, 4) is 5.69 Å². The van der Waals surface area contributed by atoms with Crippen LogP contribution in [0.2, 0.25) is 0 Å². The van der Waals surface area contributed by atoms with E-state index in [0.717, 1.165) is 4.68 Å². The lowest BCUT2D eigenvalue weighted by molar-refractivity contribution is 0.560. The van der Waals surface area contributed by atoms with Gasteiger partial charge in [-0.1, -0.05) is 6.07 Å². The molecular formula is C8H5F2N3. The average molecular weight is 181 g/mol. The second-order valence-corrected chi connectivity index (χ2v) is 2.41. The van der Waals surface area contributed by atoms with Crippen molar-refractivity contribution in [2.45, 2.75) is 0 Å². The molecule has 0 unspecified atom stereocenters. The molecule has 0 N–H and O–H groups in total. The Balaban J connectivity index is 2.64. The first-order chi connectivity index (χ1) is 6.29. The Morgan fingerprint density at radius 1 is 1.15 bits per heavy atom. The summed E-state index contributed by atoms with van der Waals surface area (Å²) in [6.45, 7) is 0. The summed E-state index contributed by atoms with van der Waals surface area (Å²) in [4.78, 5) is 3.60. The zero-order valence-electron chi connectivity index (χ0n) is 6.48. The fourth-order valence-corrected chi connectivity index (χ4v) is 1.03. The van der Waals surface area contributed by atoms with E-state index in [4.69, 9.17) is 0 Å². The monoisotopic (exact) mass is 181 g/mol. The summed E-state index contributed by atoms with van der Waals surface area (Å²) >= 11 is 0. The van der Waals surface area contributed by atoms with Crippen LogP contribution >= 0.6 is 0 Å². The molecule has 5 heteroatoms. The number of hydrogen-bond donors (Lipinski definition) is 0. The maximum atomic E-state index is 13.1. The van der Waals surface area contributed by atoms with Crippen LogP contribution in [-0.4, -0.2) is 14.8 Å². The van der Waals surface area contributed by atoms with Crippen molar-refractivity contribution in [1.82, 2.24) is 14.8 Å². The quantitative estimate of drug-likeness (QED) is 0.668. The van der Waals surface area contributed by atoms with Crippen molar-refractivity contribution in [3.63, 3.8) is 0 Å². The number of hydrogen-bond acceptors (Lipinski definition) is 2. The molecule has 0 atom stereocenters. The highest BCUT2D eigenvalue weighted by Gasteiger charge is 2.09. The summed E-state index contributed by atoms with van der Waals surface area (Å²) in [6.07, 6.45) is 2.45. The Morgan fingerprint density at radius 2 is 1.85 bits per heavy atom. The lowest BCUT2D eigenvalue weighted by atomic mass is 10.3. The lowest BCUT2D eigenvalue weighted by Gasteiger charge is -2.02. The van der Waals surface area contributed by atoms with Gasteiger partial charge >= 0.3 is 0 Å². The molecule has 0 aliphatic carbocycles. The SMILES string of the molecule is Fc1cccc(F)c1-n1cncn1. The Hall–Kier alpha value is -1.78. The molecule has 2 aromatic rings. The normalized spacial score (nSPS) is 10.3. The zero-order chi connectivity index (χ0) is 9.26. The Bertz CT molecular complexity index is 391. The number of rotatable bonds is 1. The van der Waals surface area contributed by atoms with E-state index < -0.39 is 11.6 Å². The summed E-state index contributed by atoms with van der Waals surface area (Å²) in [5, 5.41) is 3.63. The summed E-state index contributed by atoms with van der Waals surface area (Å²) in [5.41, 5.74) is -0.208. The van der Waals surface area contributed by atoms with E-state index in [1.807, 2.05) is 0 Å². The highest BCUT2D eigenvalue weighted by Crippen LogP contribution is 2.15. The third-order valence-electron chi connectivity index (χ3n) is 1.59. The number of aromatic nitrogens is 3. The molecule has 0 aliphatic heterocycles. The molecule has 3 nitrogen and oxygen atoms in total. The first-order valence-corrected chi connectivity index (χ1v) is 3.58. The van der Waals surface area contributed by atoms with E-state index in [-0.39, 0.29) is 5.69 Å². The van der Waals surface area contributed by atoms with Crippen molar-refractivity contribution in [2.24, 2.45) is 0 Å². The van der Waals surface area contributed by atoms with Crippen LogP contribution in [0.5, 0.6) is 0 Å². The molecule has 0 bridgehead atoms. The van der Waals surface area contributed by atoms with Gasteiger partial charge < -0.3 is 0 Å². The molecule has 0 amide bonds. The second kappa shape index (κ2) is 2.93. The molecule has 0 saturated heterocycles. The largest absolute Gasteiger partial charge is 0.223 e. The fraction of sp³-hybridized carbons (Fsp3) is 0. The maximum Gasteiger partial charge on any atom is 0.151 e. The standard InChI is InChI=1S/C8H5F2N3/c9-6-2-1-3-7(10)8(6)13-5-11-4-12-13/h1-5H. The van der Waals surface area contributed by atoms with Gasteiger partial charge in [-0.05, 0) is 12.1 Å². The smallest absolute Gasteiger partial charge is 0.151 e. The molecule has 1 heterocycles. The molecule has 66 valence electrons. The van der Waals surface area contributed by atoms with Crippen molar-refractivity contribution in [3.05, 3.63) is 42.5 Å². The molecule has 0 aliphatic rings. The van der Waals surface area contributed by atoms with Gasteiger partial charge in [-0.15, -0.1) is 0 Å². The summed E-state index contributed by atoms with van der Waals surface area (Å²) in [7, 11) is 0. The van der Waals surface area contributed by atoms with E-state index in [0.29, 0.717) is 0 Å². The van der Waals surface area contributed by atoms with Gasteiger partial charge in [0.1, 0.15) is 18.3 Å². The van der Waals surface area contributed by atoms with E-state index >= 15 is 0 Å². The second-order valence-electron chi connectivity index (χ2n) is 2.41. The van der Waals surface area contributed by atoms with Crippen molar-refractivity contribution in [1.29, 1.82) is 0 Å². The third kappa shape index (κ3) is 1.28. The number of benzene rings is 1. The lowest BCUT2D eigenvalue weighted by Crippen LogP contribution is -2.01. The molecule has 0 radical (unpaired) electrons. The number of nitrogens with zero attached hydrogens (tertiary/aromatic N) is 3. The van der Waals surface area contributed by atoms with Crippen molar-refractivity contribution < 1.29 is 8.78 Å². The van der Waals surface area contributed by atoms with Crippen molar-refractivity contribution in [2.75, 3.05) is 0 Å². The maximum absolute atomic E-state index is 13.1. The summed E-state index contributed by atoms with van der Waals surface area (Å²) in [6, 6.07) is 3.63. The first kappa shape index (κ1) is 7.85. The van der Waals surface area contributed by atoms with Crippen LogP contribution in [0.3, 0.4) is 0 Å². The van der Waals surface area contributed by atoms with Gasteiger partial charge in [-0.25, -0.2) is 18.4 Å². The van der Waals surface area contributed by atoms with Gasteiger partial charge in [-0.2, -0.15) is 5.10 Å². The minimum Gasteiger partial charge on any atom is -0.223 e. The molecule has 0 fully saturated rings. The average Bonchev–Trinajstić information content (AvgIpc) is 2.57. The molecule has 0 spiro atoms. The summed E-state index contributed by atoms with van der Waals surface area (Å²) < 4.78 is 27.2. The first-order valence-electron chi connectivity index (χ1n) is 3.58. The summed E-state index contributed by atoms with van der Waals surface area (Å²) in [5.74, 6) is -1.32. The predicted octanol–water partition coefficient (Wildman–Crippen LogP) is 1.55. The van der Waals surface area contributed by atoms with Gasteiger partial charge in [0.25, 0.3) is 0 Å². The minimum absolute atomic E-state index is 0.208. The van der Waals surface area contributed by atoms with E-state index in [1.165, 1.54) is 30.9 Å². The fourth-order valence-electron chi connectivity index (χ4n) is 1.03. The Labute approximate surface area is 72.6 Å². The topological polar surface area (TPSA) is 30.7 Å². The third-order valence-corrected chi connectivity index (χ3v) is 1.59. The van der Waals surface area contributed by atoms with E-state index in [9.17, 15) is 8.78 Å². The Morgan fingerprint density at radius 3 is 2.38 bits per heavy atom.